The van der Waals surface area contributed by atoms with Crippen molar-refractivity contribution in [2.45, 2.75) is 45.0 Å². The molecular weight excluding hydrogens is 450 g/mol. The molecule has 2 aromatic rings. The van der Waals surface area contributed by atoms with E-state index in [0.717, 1.165) is 6.42 Å². The van der Waals surface area contributed by atoms with Crippen molar-refractivity contribution in [3.63, 3.8) is 0 Å². The Kier molecular flexibility index (Phi) is 4.90. The van der Waals surface area contributed by atoms with E-state index in [9.17, 15) is 0 Å². The van der Waals surface area contributed by atoms with Gasteiger partial charge in [0.15, 0.2) is 0 Å². The van der Waals surface area contributed by atoms with Crippen molar-refractivity contribution in [1.82, 2.24) is 0 Å². The number of benzene rings is 2. The van der Waals surface area contributed by atoms with Crippen molar-refractivity contribution in [1.29, 1.82) is 0 Å². The van der Waals surface area contributed by atoms with Gasteiger partial charge in [-0.2, -0.15) is 0 Å². The zero-order valence-electron chi connectivity index (χ0n) is 16.5. The molecule has 3 heteroatoms. The van der Waals surface area contributed by atoms with E-state index in [2.05, 4.69) is 88.4 Å². The minimum atomic E-state index is -4.49. The molecule has 0 saturated heterocycles. The van der Waals surface area contributed by atoms with Crippen LogP contribution in [0.15, 0.2) is 59.7 Å². The summed E-state index contributed by atoms with van der Waals surface area (Å²) in [6.07, 6.45) is 5.62. The molecule has 27 heavy (non-hydrogen) atoms. The quantitative estimate of drug-likeness (QED) is 0.414. The van der Waals surface area contributed by atoms with E-state index in [0.29, 0.717) is 3.63 Å². The van der Waals surface area contributed by atoms with Crippen LogP contribution in [0.25, 0.3) is 12.2 Å². The van der Waals surface area contributed by atoms with Crippen molar-refractivity contribution in [2.24, 2.45) is 0 Å². The van der Waals surface area contributed by atoms with Crippen LogP contribution in [0.4, 0.5) is 0 Å². The molecule has 0 amide bonds. The summed E-state index contributed by atoms with van der Waals surface area (Å²) in [5.41, 5.74) is 7.93. The van der Waals surface area contributed by atoms with Gasteiger partial charge < -0.3 is 0 Å². The standard InChI is InChI=1S/2C10H9.C4H9.2ClH.Zr/c2*1-8-6-9-4-2-3-5-10(9)7-8;1-3-4-2;;;/h2*2-7H,1H3;3H,4H2,1-2H3;2*1H;/q;;;;;+2/p-2. The van der Waals surface area contributed by atoms with Crippen LogP contribution >= 0.6 is 17.0 Å². The first-order valence-corrected chi connectivity index (χ1v) is 20.5. The predicted molar refractivity (Wildman–Crippen MR) is 117 cm³/mol. The second-order valence-corrected chi connectivity index (χ2v) is 30.9. The third kappa shape index (κ3) is 2.72. The first-order valence-electron chi connectivity index (χ1n) is 9.90. The molecule has 0 fully saturated rings. The second-order valence-electron chi connectivity index (χ2n) is 8.44. The summed E-state index contributed by atoms with van der Waals surface area (Å²) in [7, 11) is 16.0. The summed E-state index contributed by atoms with van der Waals surface area (Å²) in [4.78, 5) is 0. The molecule has 4 rings (SSSR count). The molecule has 2 aromatic carbocycles. The van der Waals surface area contributed by atoms with Crippen LogP contribution in [-0.2, 0) is 16.4 Å². The van der Waals surface area contributed by atoms with E-state index in [-0.39, 0.29) is 7.25 Å². The van der Waals surface area contributed by atoms with Gasteiger partial charge in [0.05, 0.1) is 0 Å². The van der Waals surface area contributed by atoms with Gasteiger partial charge in [0.25, 0.3) is 0 Å². The average molecular weight is 478 g/mol. The molecule has 0 N–H and O–H groups in total. The van der Waals surface area contributed by atoms with Crippen LogP contribution in [0.1, 0.15) is 63.6 Å². The SMILES string of the molecule is CC[CH](C)[Zr]([Cl])([Cl])([CH]1C(C)=Cc2ccccc21)[CH]1C(C)=Cc2ccccc21. The Morgan fingerprint density at radius 2 is 1.22 bits per heavy atom. The van der Waals surface area contributed by atoms with Crippen LogP contribution in [0.3, 0.4) is 0 Å². The van der Waals surface area contributed by atoms with Crippen molar-refractivity contribution >= 4 is 29.2 Å². The maximum atomic E-state index is 8.00. The van der Waals surface area contributed by atoms with Gasteiger partial charge in [-0.15, -0.1) is 0 Å². The van der Waals surface area contributed by atoms with Crippen LogP contribution < -0.4 is 0 Å². The van der Waals surface area contributed by atoms with E-state index in [1.54, 1.807) is 0 Å². The number of halogens is 2. The van der Waals surface area contributed by atoms with Gasteiger partial charge in [-0.25, -0.2) is 0 Å². The number of hydrogen-bond donors (Lipinski definition) is 0. The summed E-state index contributed by atoms with van der Waals surface area (Å²) < 4.78 is 0.648. The normalized spacial score (nSPS) is 23.7. The summed E-state index contributed by atoms with van der Waals surface area (Å²) in [5.74, 6) is 0. The number of rotatable bonds is 4. The summed E-state index contributed by atoms with van der Waals surface area (Å²) >= 11 is -4.49. The average Bonchev–Trinajstić information content (AvgIpc) is 3.17. The Balaban J connectivity index is 2.00. The van der Waals surface area contributed by atoms with Crippen LogP contribution in [0.5, 0.6) is 0 Å². The van der Waals surface area contributed by atoms with E-state index in [1.807, 2.05) is 0 Å². The van der Waals surface area contributed by atoms with Gasteiger partial charge in [-0.3, -0.25) is 0 Å². The maximum absolute atomic E-state index is 8.00. The zero-order valence-corrected chi connectivity index (χ0v) is 20.4. The van der Waals surface area contributed by atoms with Crippen molar-refractivity contribution < 1.29 is 16.4 Å². The molecule has 2 aliphatic rings. The molecule has 3 atom stereocenters. The molecular formula is C24H27Cl2Zr. The molecule has 0 nitrogen and oxygen atoms in total. The van der Waals surface area contributed by atoms with Gasteiger partial charge in [0, 0.05) is 0 Å². The van der Waals surface area contributed by atoms with Crippen LogP contribution in [0.2, 0.25) is 3.63 Å². The van der Waals surface area contributed by atoms with Crippen molar-refractivity contribution in [3.8, 4) is 0 Å². The summed E-state index contributed by atoms with van der Waals surface area (Å²) in [6, 6.07) is 17.4. The van der Waals surface area contributed by atoms with Crippen molar-refractivity contribution in [3.05, 3.63) is 81.9 Å². The Morgan fingerprint density at radius 3 is 1.63 bits per heavy atom. The Labute approximate surface area is 171 Å². The molecule has 0 aliphatic heterocycles. The van der Waals surface area contributed by atoms with E-state index >= 15 is 0 Å². The van der Waals surface area contributed by atoms with E-state index in [4.69, 9.17) is 17.0 Å². The molecule has 0 aromatic heterocycles. The van der Waals surface area contributed by atoms with Gasteiger partial charge in [0.2, 0.25) is 0 Å². The molecule has 0 spiro atoms. The summed E-state index contributed by atoms with van der Waals surface area (Å²) in [5, 5.41) is 0. The minimum absolute atomic E-state index is 0.167. The predicted octanol–water partition coefficient (Wildman–Crippen LogP) is 8.52. The third-order valence-corrected chi connectivity index (χ3v) is 31.3. The fourth-order valence-corrected chi connectivity index (χ4v) is 28.7. The first-order chi connectivity index (χ1) is 12.8. The Morgan fingerprint density at radius 1 is 0.815 bits per heavy atom. The summed E-state index contributed by atoms with van der Waals surface area (Å²) in [6.45, 7) is 8.99. The number of hydrogen-bond acceptors (Lipinski definition) is 0. The van der Waals surface area contributed by atoms with Crippen molar-refractivity contribution in [2.75, 3.05) is 0 Å². The van der Waals surface area contributed by atoms with E-state index < -0.39 is 16.4 Å². The third-order valence-electron chi connectivity index (χ3n) is 6.95. The molecule has 0 bridgehead atoms. The van der Waals surface area contributed by atoms with Gasteiger partial charge in [0.1, 0.15) is 0 Å². The monoisotopic (exact) mass is 475 g/mol. The molecule has 0 saturated carbocycles. The number of fused-ring (bicyclic) bond motifs is 2. The first kappa shape index (κ1) is 19.7. The molecule has 0 heterocycles. The molecule has 2 aliphatic carbocycles. The topological polar surface area (TPSA) is 0 Å². The van der Waals surface area contributed by atoms with E-state index in [1.165, 1.54) is 33.4 Å². The molecule has 3 unspecified atom stereocenters. The Bertz CT molecular complexity index is 898. The van der Waals surface area contributed by atoms with Gasteiger partial charge in [-0.1, -0.05) is 0 Å². The molecule has 0 radical (unpaired) electrons. The van der Waals surface area contributed by atoms with Crippen LogP contribution in [0, 0.1) is 0 Å². The van der Waals surface area contributed by atoms with Gasteiger partial charge in [-0.05, 0) is 0 Å². The fraction of sp³-hybridized carbons (Fsp3) is 0.333. The Hall–Kier alpha value is -0.617. The fourth-order valence-electron chi connectivity index (χ4n) is 5.55. The zero-order chi connectivity index (χ0) is 19.4. The van der Waals surface area contributed by atoms with Gasteiger partial charge >= 0.3 is 172 Å². The number of allylic oxidation sites excluding steroid dienone is 2. The molecule has 141 valence electrons. The van der Waals surface area contributed by atoms with Crippen LogP contribution in [-0.4, -0.2) is 0 Å². The second kappa shape index (κ2) is 6.72.